The van der Waals surface area contributed by atoms with Gasteiger partial charge in [0.05, 0.1) is 6.10 Å². The molecule has 0 aliphatic carbocycles. The Labute approximate surface area is 231 Å². The van der Waals surface area contributed by atoms with E-state index in [1.165, 1.54) is 12.1 Å². The number of hydrogen-bond acceptors (Lipinski definition) is 7. The number of rotatable bonds is 13. The number of benzene rings is 2. The van der Waals surface area contributed by atoms with Crippen LogP contribution in [-0.4, -0.2) is 88.2 Å². The highest BCUT2D eigenvalue weighted by Crippen LogP contribution is 2.18. The molecule has 0 bridgehead atoms. The standard InChI is InChI=1S/C28H34N4O8/c29-26(30-13-1-2-24(34)35)19-5-7-20(8-6-19)27(38)31-23(16-18-3-9-21(33)10-4-18)28(39)32-14-11-22(12-15-32)40-17-25(36)37/h3-10,22-23,33H,1-2,11-17H2,(H2,29,30)(H,31,38)(H,34,35)(H,36,37)/t23-/m0/s1. The SMILES string of the molecule is NC(=NCCCC(=O)O)c1ccc(C(=O)N[C@@H](Cc2ccc(O)cc2)C(=O)N2CCC(OCC(=O)O)CC2)cc1. The fourth-order valence-electron chi connectivity index (χ4n) is 4.28. The van der Waals surface area contributed by atoms with Crippen molar-refractivity contribution in [3.05, 3.63) is 65.2 Å². The van der Waals surface area contributed by atoms with E-state index >= 15 is 0 Å². The Hall–Kier alpha value is -4.45. The van der Waals surface area contributed by atoms with E-state index in [1.807, 2.05) is 0 Å². The molecule has 1 saturated heterocycles. The van der Waals surface area contributed by atoms with Crippen LogP contribution in [0.1, 0.15) is 47.2 Å². The number of aliphatic imine (C=N–C) groups is 1. The zero-order valence-corrected chi connectivity index (χ0v) is 22.0. The number of amidine groups is 1. The first-order valence-corrected chi connectivity index (χ1v) is 13.0. The summed E-state index contributed by atoms with van der Waals surface area (Å²) in [7, 11) is 0. The van der Waals surface area contributed by atoms with Crippen molar-refractivity contribution in [3.8, 4) is 5.75 Å². The third kappa shape index (κ3) is 9.38. The topological polar surface area (TPSA) is 192 Å². The zero-order valence-electron chi connectivity index (χ0n) is 22.0. The van der Waals surface area contributed by atoms with Crippen molar-refractivity contribution < 1.29 is 39.2 Å². The van der Waals surface area contributed by atoms with Gasteiger partial charge in [0, 0.05) is 43.6 Å². The summed E-state index contributed by atoms with van der Waals surface area (Å²) in [4.78, 5) is 53.8. The number of carbonyl (C=O) groups excluding carboxylic acids is 2. The summed E-state index contributed by atoms with van der Waals surface area (Å²) in [6.07, 6.45) is 1.28. The number of likely N-dealkylation sites (tertiary alicyclic amines) is 1. The lowest BCUT2D eigenvalue weighted by atomic mass is 10.0. The minimum absolute atomic E-state index is 0.00354. The molecule has 12 heteroatoms. The number of phenolic OH excluding ortho intramolecular Hbond substituents is 1. The number of aliphatic carboxylic acids is 2. The predicted molar refractivity (Wildman–Crippen MR) is 145 cm³/mol. The normalized spacial score (nSPS) is 14.9. The Bertz CT molecular complexity index is 1210. The number of phenols is 1. The molecule has 12 nitrogen and oxygen atoms in total. The fourth-order valence-corrected chi connectivity index (χ4v) is 4.28. The number of nitrogens with zero attached hydrogens (tertiary/aromatic N) is 2. The number of ether oxygens (including phenoxy) is 1. The van der Waals surface area contributed by atoms with E-state index < -0.39 is 23.9 Å². The van der Waals surface area contributed by atoms with Crippen molar-refractivity contribution in [2.75, 3.05) is 26.2 Å². The van der Waals surface area contributed by atoms with E-state index in [9.17, 15) is 24.3 Å². The van der Waals surface area contributed by atoms with Crippen molar-refractivity contribution in [3.63, 3.8) is 0 Å². The van der Waals surface area contributed by atoms with Gasteiger partial charge in [0.25, 0.3) is 5.91 Å². The highest BCUT2D eigenvalue weighted by molar-refractivity contribution is 6.00. The fraction of sp³-hybridized carbons (Fsp3) is 0.393. The predicted octanol–water partition coefficient (Wildman–Crippen LogP) is 1.40. The molecule has 1 fully saturated rings. The van der Waals surface area contributed by atoms with Crippen LogP contribution in [0.3, 0.4) is 0 Å². The van der Waals surface area contributed by atoms with Gasteiger partial charge in [-0.15, -0.1) is 0 Å². The number of carboxylic acids is 2. The molecular formula is C28H34N4O8. The van der Waals surface area contributed by atoms with Gasteiger partial charge in [-0.05, 0) is 49.1 Å². The van der Waals surface area contributed by atoms with Crippen LogP contribution in [0.15, 0.2) is 53.5 Å². The number of nitrogens with one attached hydrogen (secondary N) is 1. The first-order valence-electron chi connectivity index (χ1n) is 13.0. The average Bonchev–Trinajstić information content (AvgIpc) is 2.94. The summed E-state index contributed by atoms with van der Waals surface area (Å²) in [5.41, 5.74) is 7.62. The van der Waals surface area contributed by atoms with Crippen LogP contribution in [0, 0.1) is 0 Å². The van der Waals surface area contributed by atoms with Crippen LogP contribution in [0.25, 0.3) is 0 Å². The van der Waals surface area contributed by atoms with E-state index in [0.29, 0.717) is 43.5 Å². The largest absolute Gasteiger partial charge is 0.508 e. The molecule has 0 unspecified atom stereocenters. The van der Waals surface area contributed by atoms with E-state index in [0.717, 1.165) is 5.56 Å². The van der Waals surface area contributed by atoms with Crippen LogP contribution in [-0.2, 0) is 25.5 Å². The smallest absolute Gasteiger partial charge is 0.329 e. The molecule has 0 saturated carbocycles. The van der Waals surface area contributed by atoms with E-state index in [2.05, 4.69) is 10.3 Å². The molecule has 1 atom stereocenters. The summed E-state index contributed by atoms with van der Waals surface area (Å²) >= 11 is 0. The summed E-state index contributed by atoms with van der Waals surface area (Å²) in [5.74, 6) is -2.36. The van der Waals surface area contributed by atoms with Crippen LogP contribution in [0.5, 0.6) is 5.75 Å². The molecule has 3 rings (SSSR count). The number of amides is 2. The molecule has 214 valence electrons. The monoisotopic (exact) mass is 554 g/mol. The summed E-state index contributed by atoms with van der Waals surface area (Å²) in [6, 6.07) is 11.9. The molecular weight excluding hydrogens is 520 g/mol. The van der Waals surface area contributed by atoms with Crippen LogP contribution >= 0.6 is 0 Å². The minimum atomic E-state index is -1.05. The third-order valence-electron chi connectivity index (χ3n) is 6.45. The van der Waals surface area contributed by atoms with E-state index in [1.54, 1.807) is 41.3 Å². The summed E-state index contributed by atoms with van der Waals surface area (Å²) in [6.45, 7) is 0.610. The second-order valence-corrected chi connectivity index (χ2v) is 9.47. The lowest BCUT2D eigenvalue weighted by Gasteiger charge is -2.34. The van der Waals surface area contributed by atoms with Crippen molar-refractivity contribution in [2.45, 2.75) is 44.2 Å². The maximum Gasteiger partial charge on any atom is 0.329 e. The maximum atomic E-state index is 13.5. The van der Waals surface area contributed by atoms with Crippen LogP contribution in [0.2, 0.25) is 0 Å². The molecule has 0 aromatic heterocycles. The first-order chi connectivity index (χ1) is 19.1. The van der Waals surface area contributed by atoms with E-state index in [4.69, 9.17) is 20.7 Å². The molecule has 2 amide bonds. The molecule has 6 N–H and O–H groups in total. The van der Waals surface area contributed by atoms with Gasteiger partial charge in [0.1, 0.15) is 24.2 Å². The molecule has 1 aliphatic rings. The molecule has 1 aliphatic heterocycles. The zero-order chi connectivity index (χ0) is 29.1. The number of nitrogens with two attached hydrogens (primary N) is 1. The lowest BCUT2D eigenvalue weighted by molar-refractivity contribution is -0.147. The van der Waals surface area contributed by atoms with Gasteiger partial charge in [-0.1, -0.05) is 24.3 Å². The molecule has 1 heterocycles. The quantitative estimate of drug-likeness (QED) is 0.138. The number of carbonyl (C=O) groups is 4. The Morgan fingerprint density at radius 3 is 2.20 bits per heavy atom. The van der Waals surface area contributed by atoms with E-state index in [-0.39, 0.29) is 49.6 Å². The van der Waals surface area contributed by atoms with Crippen LogP contribution < -0.4 is 11.1 Å². The van der Waals surface area contributed by atoms with Crippen molar-refractivity contribution in [1.82, 2.24) is 10.2 Å². The second-order valence-electron chi connectivity index (χ2n) is 9.47. The molecule has 2 aromatic rings. The lowest BCUT2D eigenvalue weighted by Crippen LogP contribution is -2.52. The Morgan fingerprint density at radius 1 is 0.975 bits per heavy atom. The summed E-state index contributed by atoms with van der Waals surface area (Å²) in [5, 5.41) is 30.0. The van der Waals surface area contributed by atoms with Gasteiger partial charge in [-0.3, -0.25) is 19.4 Å². The van der Waals surface area contributed by atoms with Crippen molar-refractivity contribution >= 4 is 29.6 Å². The number of piperidine rings is 1. The van der Waals surface area contributed by atoms with Crippen molar-refractivity contribution in [1.29, 1.82) is 0 Å². The minimum Gasteiger partial charge on any atom is -0.508 e. The van der Waals surface area contributed by atoms with Crippen molar-refractivity contribution in [2.24, 2.45) is 10.7 Å². The maximum absolute atomic E-state index is 13.5. The van der Waals surface area contributed by atoms with Gasteiger partial charge in [0.2, 0.25) is 5.91 Å². The Kier molecular flexibility index (Phi) is 11.0. The van der Waals surface area contributed by atoms with Gasteiger partial charge in [0.15, 0.2) is 0 Å². The number of hydrogen-bond donors (Lipinski definition) is 5. The van der Waals surface area contributed by atoms with Gasteiger partial charge >= 0.3 is 11.9 Å². The first kappa shape index (κ1) is 30.1. The molecule has 40 heavy (non-hydrogen) atoms. The third-order valence-corrected chi connectivity index (χ3v) is 6.45. The average molecular weight is 555 g/mol. The number of carboxylic acid groups (broad SMARTS) is 2. The molecule has 0 spiro atoms. The molecule has 0 radical (unpaired) electrons. The summed E-state index contributed by atoms with van der Waals surface area (Å²) < 4.78 is 5.35. The Morgan fingerprint density at radius 2 is 1.60 bits per heavy atom. The number of aromatic hydroxyl groups is 1. The van der Waals surface area contributed by atoms with Crippen LogP contribution in [0.4, 0.5) is 0 Å². The van der Waals surface area contributed by atoms with Gasteiger partial charge in [-0.25, -0.2) is 4.79 Å². The highest BCUT2D eigenvalue weighted by Gasteiger charge is 2.30. The second kappa shape index (κ2) is 14.6. The van der Waals surface area contributed by atoms with Gasteiger partial charge < -0.3 is 36.0 Å². The molecule has 2 aromatic carbocycles. The highest BCUT2D eigenvalue weighted by atomic mass is 16.5. The Balaban J connectivity index is 1.67. The van der Waals surface area contributed by atoms with Gasteiger partial charge in [-0.2, -0.15) is 0 Å².